The number of hydrazine groups is 1. The highest BCUT2D eigenvalue weighted by Crippen LogP contribution is 1.92. The van der Waals surface area contributed by atoms with Crippen LogP contribution in [-0.2, 0) is 0 Å². The van der Waals surface area contributed by atoms with Gasteiger partial charge >= 0.3 is 0 Å². The van der Waals surface area contributed by atoms with Crippen LogP contribution in [0.4, 0.5) is 0 Å². The number of aliphatic hydroxyl groups excluding tert-OH is 3. The highest BCUT2D eigenvalue weighted by atomic mass is 16.3. The zero-order valence-electron chi connectivity index (χ0n) is 9.14. The van der Waals surface area contributed by atoms with E-state index in [-0.39, 0.29) is 0 Å². The second kappa shape index (κ2) is 7.14. The maximum absolute atomic E-state index is 9.18. The average Bonchev–Trinajstić information content (AvgIpc) is 1.97. The lowest BCUT2D eigenvalue weighted by molar-refractivity contribution is 0.0396. The molecule has 0 aromatic carbocycles. The smallest absolute Gasteiger partial charge is 0.0653 e. The fraction of sp³-hybridized carbons (Fsp3) is 1.00. The second-order valence-corrected chi connectivity index (χ2v) is 3.81. The van der Waals surface area contributed by atoms with Crippen LogP contribution in [0.1, 0.15) is 20.8 Å². The quantitative estimate of drug-likeness (QED) is 0.399. The summed E-state index contributed by atoms with van der Waals surface area (Å²) >= 11 is 0. The minimum Gasteiger partial charge on any atom is -0.392 e. The summed E-state index contributed by atoms with van der Waals surface area (Å²) in [4.78, 5) is 0. The van der Waals surface area contributed by atoms with Crippen molar-refractivity contribution in [2.45, 2.75) is 39.1 Å². The predicted molar refractivity (Wildman–Crippen MR) is 54.6 cm³/mol. The molecule has 5 heteroatoms. The highest BCUT2D eigenvalue weighted by Gasteiger charge is 2.10. The Balaban J connectivity index is 3.84. The summed E-state index contributed by atoms with van der Waals surface area (Å²) in [5.74, 6) is 0. The largest absolute Gasteiger partial charge is 0.392 e. The van der Waals surface area contributed by atoms with Gasteiger partial charge in [-0.3, -0.25) is 5.43 Å². The molecule has 0 unspecified atom stereocenters. The molecule has 0 aromatic heterocycles. The minimum atomic E-state index is -0.463. The third kappa shape index (κ3) is 8.40. The van der Waals surface area contributed by atoms with Crippen molar-refractivity contribution in [1.29, 1.82) is 0 Å². The number of nitrogens with one attached hydrogen (secondary N) is 1. The third-order valence-electron chi connectivity index (χ3n) is 1.58. The van der Waals surface area contributed by atoms with Crippen LogP contribution in [0.2, 0.25) is 0 Å². The first-order chi connectivity index (χ1) is 6.41. The highest BCUT2D eigenvalue weighted by molar-refractivity contribution is 4.61. The van der Waals surface area contributed by atoms with E-state index in [1.807, 2.05) is 0 Å². The van der Waals surface area contributed by atoms with Crippen molar-refractivity contribution < 1.29 is 15.3 Å². The molecular formula is C9H22N2O3. The van der Waals surface area contributed by atoms with Gasteiger partial charge in [-0.2, -0.15) is 0 Å². The zero-order chi connectivity index (χ0) is 11.1. The molecule has 0 saturated heterocycles. The van der Waals surface area contributed by atoms with Crippen LogP contribution >= 0.6 is 0 Å². The van der Waals surface area contributed by atoms with E-state index in [2.05, 4.69) is 5.43 Å². The van der Waals surface area contributed by atoms with E-state index in [4.69, 9.17) is 5.11 Å². The first kappa shape index (κ1) is 13.8. The maximum atomic E-state index is 9.18. The van der Waals surface area contributed by atoms with Crippen molar-refractivity contribution in [2.24, 2.45) is 0 Å². The Morgan fingerprint density at radius 2 is 1.36 bits per heavy atom. The molecule has 0 radical (unpaired) electrons. The van der Waals surface area contributed by atoms with Crippen LogP contribution in [0.15, 0.2) is 0 Å². The van der Waals surface area contributed by atoms with Crippen LogP contribution in [0.5, 0.6) is 0 Å². The van der Waals surface area contributed by atoms with E-state index >= 15 is 0 Å². The van der Waals surface area contributed by atoms with Gasteiger partial charge < -0.3 is 15.3 Å². The lowest BCUT2D eigenvalue weighted by atomic mass is 10.3. The molecule has 0 fully saturated rings. The fourth-order valence-corrected chi connectivity index (χ4v) is 1.10. The van der Waals surface area contributed by atoms with Crippen LogP contribution in [0.3, 0.4) is 0 Å². The Morgan fingerprint density at radius 3 is 1.64 bits per heavy atom. The molecule has 86 valence electrons. The summed E-state index contributed by atoms with van der Waals surface area (Å²) in [5, 5.41) is 29.1. The Bertz CT molecular complexity index is 130. The summed E-state index contributed by atoms with van der Waals surface area (Å²) < 4.78 is 0. The fourth-order valence-electron chi connectivity index (χ4n) is 1.10. The van der Waals surface area contributed by atoms with Gasteiger partial charge in [-0.1, -0.05) is 0 Å². The number of rotatable bonds is 7. The number of hydrogen-bond acceptors (Lipinski definition) is 5. The van der Waals surface area contributed by atoms with E-state index in [0.29, 0.717) is 19.6 Å². The van der Waals surface area contributed by atoms with E-state index < -0.39 is 18.3 Å². The zero-order valence-corrected chi connectivity index (χ0v) is 9.14. The number of nitrogens with zero attached hydrogens (tertiary/aromatic N) is 1. The van der Waals surface area contributed by atoms with Gasteiger partial charge in [0.2, 0.25) is 0 Å². The van der Waals surface area contributed by atoms with Crippen LogP contribution < -0.4 is 5.43 Å². The molecule has 0 spiro atoms. The van der Waals surface area contributed by atoms with Gasteiger partial charge in [-0.25, -0.2) is 5.01 Å². The molecule has 0 bridgehead atoms. The van der Waals surface area contributed by atoms with Crippen molar-refractivity contribution in [2.75, 3.05) is 19.6 Å². The molecule has 3 atom stereocenters. The first-order valence-electron chi connectivity index (χ1n) is 4.94. The molecule has 0 saturated carbocycles. The molecule has 14 heavy (non-hydrogen) atoms. The van der Waals surface area contributed by atoms with Crippen LogP contribution in [0, 0.1) is 0 Å². The molecule has 0 aliphatic heterocycles. The van der Waals surface area contributed by atoms with Gasteiger partial charge in [0, 0.05) is 19.6 Å². The Hall–Kier alpha value is -0.200. The molecule has 5 nitrogen and oxygen atoms in total. The van der Waals surface area contributed by atoms with Crippen molar-refractivity contribution in [1.82, 2.24) is 10.4 Å². The maximum Gasteiger partial charge on any atom is 0.0653 e. The van der Waals surface area contributed by atoms with Gasteiger partial charge in [-0.05, 0) is 20.8 Å². The standard InChI is InChI=1S/C9H22N2O3/c1-7(12)4-10-11(5-8(2)13)6-9(3)14/h7-10,12-14H,4-6H2,1-3H3/t7-,8-,9-/m1/s1. The number of aliphatic hydroxyl groups is 3. The van der Waals surface area contributed by atoms with Crippen molar-refractivity contribution in [3.63, 3.8) is 0 Å². The molecule has 0 amide bonds. The summed E-state index contributed by atoms with van der Waals surface area (Å²) in [6.45, 7) is 6.31. The molecular weight excluding hydrogens is 184 g/mol. The van der Waals surface area contributed by atoms with Crippen molar-refractivity contribution >= 4 is 0 Å². The normalized spacial score (nSPS) is 18.2. The lowest BCUT2D eigenvalue weighted by Gasteiger charge is -2.26. The second-order valence-electron chi connectivity index (χ2n) is 3.81. The van der Waals surface area contributed by atoms with E-state index in [0.717, 1.165) is 0 Å². The first-order valence-corrected chi connectivity index (χ1v) is 4.94. The molecule has 0 aromatic rings. The van der Waals surface area contributed by atoms with Crippen LogP contribution in [0.25, 0.3) is 0 Å². The van der Waals surface area contributed by atoms with Crippen molar-refractivity contribution in [3.05, 3.63) is 0 Å². The topological polar surface area (TPSA) is 76.0 Å². The van der Waals surface area contributed by atoms with E-state index in [1.165, 1.54) is 0 Å². The Kier molecular flexibility index (Phi) is 7.04. The molecule has 0 aliphatic carbocycles. The van der Waals surface area contributed by atoms with Gasteiger partial charge in [-0.15, -0.1) is 0 Å². The van der Waals surface area contributed by atoms with E-state index in [1.54, 1.807) is 25.8 Å². The predicted octanol–water partition coefficient (Wildman–Crippen LogP) is -1.06. The van der Waals surface area contributed by atoms with E-state index in [9.17, 15) is 10.2 Å². The van der Waals surface area contributed by atoms with Gasteiger partial charge in [0.05, 0.1) is 18.3 Å². The molecule has 0 heterocycles. The average molecular weight is 206 g/mol. The Morgan fingerprint density at radius 1 is 0.929 bits per heavy atom. The monoisotopic (exact) mass is 206 g/mol. The SMILES string of the molecule is C[C@@H](O)CNN(C[C@@H](C)O)C[C@@H](C)O. The molecule has 0 aliphatic rings. The Labute approximate surface area is 85.3 Å². The number of hydrogen-bond donors (Lipinski definition) is 4. The molecule has 4 N–H and O–H groups in total. The lowest BCUT2D eigenvalue weighted by Crippen LogP contribution is -2.47. The summed E-state index contributed by atoms with van der Waals surface area (Å²) in [6.07, 6.45) is -1.37. The van der Waals surface area contributed by atoms with Crippen molar-refractivity contribution in [3.8, 4) is 0 Å². The summed E-state index contributed by atoms with van der Waals surface area (Å²) in [7, 11) is 0. The van der Waals surface area contributed by atoms with Gasteiger partial charge in [0.15, 0.2) is 0 Å². The van der Waals surface area contributed by atoms with Gasteiger partial charge in [0.25, 0.3) is 0 Å². The summed E-state index contributed by atoms with van der Waals surface area (Å²) in [6, 6.07) is 0. The van der Waals surface area contributed by atoms with Gasteiger partial charge in [0.1, 0.15) is 0 Å². The third-order valence-corrected chi connectivity index (χ3v) is 1.58. The van der Waals surface area contributed by atoms with Crippen LogP contribution in [-0.4, -0.2) is 58.3 Å². The minimum absolute atomic E-state index is 0.416. The summed E-state index contributed by atoms with van der Waals surface area (Å²) in [5.41, 5.74) is 2.95. The molecule has 0 rings (SSSR count).